The van der Waals surface area contributed by atoms with Crippen LogP contribution in [0, 0.1) is 0 Å². The number of ether oxygens (including phenoxy) is 2. The average molecular weight is 293 g/mol. The summed E-state index contributed by atoms with van der Waals surface area (Å²) in [6, 6.07) is 5.94. The predicted molar refractivity (Wildman–Crippen MR) is 87.4 cm³/mol. The van der Waals surface area contributed by atoms with Crippen molar-refractivity contribution in [1.29, 1.82) is 0 Å². The first-order valence-electron chi connectivity index (χ1n) is 7.21. The molecule has 21 heavy (non-hydrogen) atoms. The molecule has 0 bridgehead atoms. The highest BCUT2D eigenvalue weighted by Gasteiger charge is 2.22. The predicted octanol–water partition coefficient (Wildman–Crippen LogP) is 2.30. The zero-order chi connectivity index (χ0) is 15.9. The van der Waals surface area contributed by atoms with Crippen molar-refractivity contribution in [2.24, 2.45) is 10.7 Å². The highest BCUT2D eigenvalue weighted by atomic mass is 16.5. The summed E-state index contributed by atoms with van der Waals surface area (Å²) >= 11 is 0. The van der Waals surface area contributed by atoms with E-state index in [2.05, 4.69) is 31.1 Å². The minimum absolute atomic E-state index is 0.141. The Hall–Kier alpha value is -1.91. The largest absolute Gasteiger partial charge is 0.493 e. The zero-order valence-corrected chi connectivity index (χ0v) is 13.7. The van der Waals surface area contributed by atoms with Crippen LogP contribution in [0.4, 0.5) is 0 Å². The van der Waals surface area contributed by atoms with Crippen LogP contribution in [-0.4, -0.2) is 33.3 Å². The van der Waals surface area contributed by atoms with Crippen molar-refractivity contribution < 1.29 is 9.47 Å². The molecular weight excluding hydrogens is 266 g/mol. The van der Waals surface area contributed by atoms with Crippen molar-refractivity contribution in [2.75, 3.05) is 27.3 Å². The van der Waals surface area contributed by atoms with Gasteiger partial charge in [0.2, 0.25) is 0 Å². The Labute approximate surface area is 127 Å². The van der Waals surface area contributed by atoms with Crippen molar-refractivity contribution in [2.45, 2.75) is 32.6 Å². The van der Waals surface area contributed by atoms with Gasteiger partial charge in [-0.25, -0.2) is 0 Å². The fourth-order valence-electron chi connectivity index (χ4n) is 1.94. The van der Waals surface area contributed by atoms with Crippen molar-refractivity contribution in [3.05, 3.63) is 23.8 Å². The van der Waals surface area contributed by atoms with E-state index in [4.69, 9.17) is 15.2 Å². The van der Waals surface area contributed by atoms with Gasteiger partial charge in [0.15, 0.2) is 17.5 Å². The van der Waals surface area contributed by atoms with Crippen molar-refractivity contribution in [3.63, 3.8) is 0 Å². The maximum absolute atomic E-state index is 5.84. The molecule has 0 aliphatic rings. The molecule has 0 saturated carbocycles. The molecule has 5 nitrogen and oxygen atoms in total. The molecule has 0 aliphatic carbocycles. The third-order valence-corrected chi connectivity index (χ3v) is 3.37. The van der Waals surface area contributed by atoms with Gasteiger partial charge in [-0.2, -0.15) is 0 Å². The lowest BCUT2D eigenvalue weighted by atomic mass is 9.84. The van der Waals surface area contributed by atoms with Crippen LogP contribution in [0.2, 0.25) is 0 Å². The topological polar surface area (TPSA) is 68.9 Å². The smallest absolute Gasteiger partial charge is 0.188 e. The number of nitrogens with two attached hydrogens (primary N) is 1. The van der Waals surface area contributed by atoms with Gasteiger partial charge in [-0.15, -0.1) is 0 Å². The van der Waals surface area contributed by atoms with Crippen molar-refractivity contribution >= 4 is 5.96 Å². The van der Waals surface area contributed by atoms with Gasteiger partial charge in [0, 0.05) is 12.0 Å². The summed E-state index contributed by atoms with van der Waals surface area (Å²) in [6.07, 6.45) is 1.02. The molecule has 0 heterocycles. The first-order valence-corrected chi connectivity index (χ1v) is 7.21. The molecule has 0 amide bonds. The fourth-order valence-corrected chi connectivity index (χ4v) is 1.94. The number of hydrogen-bond acceptors (Lipinski definition) is 3. The Morgan fingerprint density at radius 2 is 1.90 bits per heavy atom. The van der Waals surface area contributed by atoms with Gasteiger partial charge in [-0.1, -0.05) is 26.8 Å². The molecule has 0 unspecified atom stereocenters. The van der Waals surface area contributed by atoms with Crippen LogP contribution in [0.1, 0.15) is 32.8 Å². The molecule has 1 aromatic carbocycles. The lowest BCUT2D eigenvalue weighted by Gasteiger charge is -2.24. The molecule has 0 aromatic heterocycles. The Kier molecular flexibility index (Phi) is 6.34. The third-order valence-electron chi connectivity index (χ3n) is 3.37. The van der Waals surface area contributed by atoms with Gasteiger partial charge < -0.3 is 20.5 Å². The van der Waals surface area contributed by atoms with Gasteiger partial charge in [0.05, 0.1) is 20.8 Å². The van der Waals surface area contributed by atoms with Crippen LogP contribution in [0.5, 0.6) is 11.5 Å². The fraction of sp³-hybridized carbons (Fsp3) is 0.562. The van der Waals surface area contributed by atoms with Crippen LogP contribution < -0.4 is 20.5 Å². The minimum atomic E-state index is -0.141. The molecule has 1 aromatic rings. The molecule has 0 saturated heterocycles. The highest BCUT2D eigenvalue weighted by Crippen LogP contribution is 2.33. The zero-order valence-electron chi connectivity index (χ0n) is 13.7. The number of hydrogen-bond donors (Lipinski definition) is 2. The van der Waals surface area contributed by atoms with E-state index in [9.17, 15) is 0 Å². The van der Waals surface area contributed by atoms with E-state index in [0.29, 0.717) is 12.5 Å². The number of nitrogens with zero attached hydrogens (tertiary/aromatic N) is 1. The second-order valence-electron chi connectivity index (χ2n) is 5.58. The number of methoxy groups -OCH3 is 2. The standard InChI is InChI=1S/C16H27N3O2/c1-6-9-18-15(17)19-11-16(2,3)12-7-8-13(20-4)14(10-12)21-5/h7-8,10H,6,9,11H2,1-5H3,(H3,17,18,19). The van der Waals surface area contributed by atoms with Gasteiger partial charge in [0.25, 0.3) is 0 Å². The van der Waals surface area contributed by atoms with E-state index in [1.54, 1.807) is 14.2 Å². The summed E-state index contributed by atoms with van der Waals surface area (Å²) in [5, 5.41) is 3.08. The number of benzene rings is 1. The molecular formula is C16H27N3O2. The van der Waals surface area contributed by atoms with Crippen LogP contribution >= 0.6 is 0 Å². The summed E-state index contributed by atoms with van der Waals surface area (Å²) in [5.41, 5.74) is 6.83. The van der Waals surface area contributed by atoms with E-state index in [1.807, 2.05) is 18.2 Å². The molecule has 1 rings (SSSR count). The van der Waals surface area contributed by atoms with Gasteiger partial charge in [0.1, 0.15) is 0 Å². The second-order valence-corrected chi connectivity index (χ2v) is 5.58. The van der Waals surface area contributed by atoms with Gasteiger partial charge in [-0.3, -0.25) is 4.99 Å². The summed E-state index contributed by atoms with van der Waals surface area (Å²) in [4.78, 5) is 4.42. The Morgan fingerprint density at radius 3 is 2.48 bits per heavy atom. The maximum Gasteiger partial charge on any atom is 0.188 e. The van der Waals surface area contributed by atoms with Crippen LogP contribution in [0.3, 0.4) is 0 Å². The third kappa shape index (κ3) is 4.85. The van der Waals surface area contributed by atoms with E-state index in [0.717, 1.165) is 30.0 Å². The molecule has 0 fully saturated rings. The summed E-state index contributed by atoms with van der Waals surface area (Å²) in [5.74, 6) is 1.94. The summed E-state index contributed by atoms with van der Waals surface area (Å²) < 4.78 is 10.6. The summed E-state index contributed by atoms with van der Waals surface area (Å²) in [6.45, 7) is 7.79. The number of aliphatic imine (C=N–C) groups is 1. The van der Waals surface area contributed by atoms with Crippen molar-refractivity contribution in [3.8, 4) is 11.5 Å². The van der Waals surface area contributed by atoms with Crippen LogP contribution in [-0.2, 0) is 5.41 Å². The molecule has 0 atom stereocenters. The molecule has 0 spiro atoms. The highest BCUT2D eigenvalue weighted by molar-refractivity contribution is 5.77. The first kappa shape index (κ1) is 17.1. The van der Waals surface area contributed by atoms with Gasteiger partial charge >= 0.3 is 0 Å². The van der Waals surface area contributed by atoms with Crippen molar-refractivity contribution in [1.82, 2.24) is 5.32 Å². The number of guanidine groups is 1. The lowest BCUT2D eigenvalue weighted by molar-refractivity contribution is 0.353. The lowest BCUT2D eigenvalue weighted by Crippen LogP contribution is -2.34. The minimum Gasteiger partial charge on any atom is -0.493 e. The second kappa shape index (κ2) is 7.76. The van der Waals surface area contributed by atoms with Crippen LogP contribution in [0.15, 0.2) is 23.2 Å². The Morgan fingerprint density at radius 1 is 1.24 bits per heavy atom. The molecule has 5 heteroatoms. The molecule has 3 N–H and O–H groups in total. The van der Waals surface area contributed by atoms with E-state index < -0.39 is 0 Å². The van der Waals surface area contributed by atoms with Crippen LogP contribution in [0.25, 0.3) is 0 Å². The Balaban J connectivity index is 2.87. The average Bonchev–Trinajstić information content (AvgIpc) is 2.50. The maximum atomic E-state index is 5.84. The van der Waals surface area contributed by atoms with E-state index in [-0.39, 0.29) is 5.41 Å². The number of rotatable bonds is 7. The number of nitrogens with one attached hydrogen (secondary N) is 1. The molecule has 0 radical (unpaired) electrons. The monoisotopic (exact) mass is 293 g/mol. The summed E-state index contributed by atoms with van der Waals surface area (Å²) in [7, 11) is 3.27. The molecule has 0 aliphatic heterocycles. The molecule has 118 valence electrons. The SMILES string of the molecule is CCCNC(N)=NCC(C)(C)c1ccc(OC)c(OC)c1. The van der Waals surface area contributed by atoms with Gasteiger partial charge in [-0.05, 0) is 24.1 Å². The Bertz CT molecular complexity index is 484. The quantitative estimate of drug-likeness (QED) is 0.598. The van der Waals surface area contributed by atoms with E-state index >= 15 is 0 Å². The van der Waals surface area contributed by atoms with E-state index in [1.165, 1.54) is 0 Å². The normalized spacial score (nSPS) is 12.1. The first-order chi connectivity index (χ1) is 9.94.